The second-order valence-electron chi connectivity index (χ2n) is 11.8. The molecule has 1 aromatic heterocycles. The zero-order valence-corrected chi connectivity index (χ0v) is 21.9. The summed E-state index contributed by atoms with van der Waals surface area (Å²) >= 11 is 0. The summed E-state index contributed by atoms with van der Waals surface area (Å²) in [5.74, 6) is -0.439. The first-order valence-electron chi connectivity index (χ1n) is 13.4. The molecule has 5 nitrogen and oxygen atoms in total. The first-order chi connectivity index (χ1) is 17.1. The van der Waals surface area contributed by atoms with Crippen LogP contribution in [0.1, 0.15) is 81.5 Å². The molecule has 1 saturated carbocycles. The summed E-state index contributed by atoms with van der Waals surface area (Å²) in [6, 6.07) is 13.8. The lowest BCUT2D eigenvalue weighted by Crippen LogP contribution is -2.57. The normalized spacial score (nSPS) is 26.3. The van der Waals surface area contributed by atoms with E-state index in [-0.39, 0.29) is 23.7 Å². The Hall–Kier alpha value is -3.08. The number of hydrogen-bond donors (Lipinski definition) is 3. The van der Waals surface area contributed by atoms with Gasteiger partial charge in [0, 0.05) is 23.5 Å². The van der Waals surface area contributed by atoms with Gasteiger partial charge in [0.15, 0.2) is 0 Å². The number of carboxylic acids is 1. The number of benzene rings is 2. The number of rotatable bonds is 6. The van der Waals surface area contributed by atoms with Gasteiger partial charge in [-0.3, -0.25) is 4.79 Å². The second kappa shape index (κ2) is 9.10. The van der Waals surface area contributed by atoms with Gasteiger partial charge in [0.05, 0.1) is 5.41 Å². The number of carbonyl (C=O) groups is 2. The van der Waals surface area contributed by atoms with E-state index in [2.05, 4.69) is 56.2 Å². The maximum atomic E-state index is 13.9. The van der Waals surface area contributed by atoms with Crippen molar-refractivity contribution >= 4 is 22.8 Å². The summed E-state index contributed by atoms with van der Waals surface area (Å²) < 4.78 is 0. The molecule has 2 aromatic carbocycles. The van der Waals surface area contributed by atoms with E-state index in [0.717, 1.165) is 48.6 Å². The minimum absolute atomic E-state index is 0.0804. The van der Waals surface area contributed by atoms with Crippen molar-refractivity contribution in [2.24, 2.45) is 11.3 Å². The molecule has 190 valence electrons. The summed E-state index contributed by atoms with van der Waals surface area (Å²) in [5.41, 5.74) is 5.37. The highest BCUT2D eigenvalue weighted by atomic mass is 16.4. The van der Waals surface area contributed by atoms with Crippen LogP contribution in [0.25, 0.3) is 10.9 Å². The molecule has 3 aromatic rings. The molecule has 0 spiro atoms. The van der Waals surface area contributed by atoms with E-state index in [9.17, 15) is 14.7 Å². The first-order valence-corrected chi connectivity index (χ1v) is 13.4. The van der Waals surface area contributed by atoms with E-state index in [0.29, 0.717) is 5.92 Å². The fraction of sp³-hybridized carbons (Fsp3) is 0.484. The van der Waals surface area contributed by atoms with Gasteiger partial charge in [0.2, 0.25) is 5.91 Å². The van der Waals surface area contributed by atoms with Crippen LogP contribution < -0.4 is 5.32 Å². The molecule has 1 amide bonds. The lowest BCUT2D eigenvalue weighted by atomic mass is 9.49. The molecule has 5 heteroatoms. The molecule has 0 bridgehead atoms. The Morgan fingerprint density at radius 2 is 1.92 bits per heavy atom. The quantitative estimate of drug-likeness (QED) is 0.393. The minimum Gasteiger partial charge on any atom is -0.480 e. The lowest BCUT2D eigenvalue weighted by molar-refractivity contribution is -0.147. The standard InChI is InChI=1S/C31H38N2O3/c1-19(2)20-10-12-24-21(16-20)11-13-27-30(24,3)14-7-15-31(27,4)29(36)33-26(28(34)35)17-22-18-32-25-9-6-5-8-23(22)25/h5-6,8-10,12,16,18-19,26-27,32H,7,11,13-15,17H2,1-4H3,(H,33,36)(H,34,35)/t26-,27+,30+,31+/m0/s1. The summed E-state index contributed by atoms with van der Waals surface area (Å²) in [7, 11) is 0. The monoisotopic (exact) mass is 486 g/mol. The molecule has 0 radical (unpaired) electrons. The number of nitrogens with one attached hydrogen (secondary N) is 2. The van der Waals surface area contributed by atoms with Gasteiger partial charge in [0.1, 0.15) is 6.04 Å². The largest absolute Gasteiger partial charge is 0.480 e. The Balaban J connectivity index is 1.41. The van der Waals surface area contributed by atoms with Crippen LogP contribution in [-0.4, -0.2) is 28.0 Å². The number of para-hydroxylation sites is 1. The number of fused-ring (bicyclic) bond motifs is 4. The van der Waals surface area contributed by atoms with Crippen LogP contribution in [0.4, 0.5) is 0 Å². The molecule has 2 aliphatic carbocycles. The topological polar surface area (TPSA) is 82.2 Å². The number of aryl methyl sites for hydroxylation is 1. The van der Waals surface area contributed by atoms with E-state index in [1.54, 1.807) is 0 Å². The predicted molar refractivity (Wildman–Crippen MR) is 143 cm³/mol. The summed E-state index contributed by atoms with van der Waals surface area (Å²) in [4.78, 5) is 29.4. The maximum absolute atomic E-state index is 13.9. The second-order valence-corrected chi connectivity index (χ2v) is 11.8. The average Bonchev–Trinajstić information content (AvgIpc) is 3.26. The van der Waals surface area contributed by atoms with Gasteiger partial charge < -0.3 is 15.4 Å². The Labute approximate surface area is 213 Å². The van der Waals surface area contributed by atoms with Gasteiger partial charge >= 0.3 is 5.97 Å². The fourth-order valence-electron chi connectivity index (χ4n) is 7.19. The van der Waals surface area contributed by atoms with Crippen molar-refractivity contribution in [3.05, 3.63) is 70.9 Å². The fourth-order valence-corrected chi connectivity index (χ4v) is 7.19. The third-order valence-electron chi connectivity index (χ3n) is 9.27. The molecule has 1 fully saturated rings. The van der Waals surface area contributed by atoms with Crippen molar-refractivity contribution in [2.45, 2.75) is 83.6 Å². The van der Waals surface area contributed by atoms with Gasteiger partial charge in [0.25, 0.3) is 0 Å². The van der Waals surface area contributed by atoms with E-state index < -0.39 is 17.4 Å². The molecule has 3 N–H and O–H groups in total. The van der Waals surface area contributed by atoms with Crippen LogP contribution in [-0.2, 0) is 27.8 Å². The molecule has 0 unspecified atom stereocenters. The molecule has 5 rings (SSSR count). The van der Waals surface area contributed by atoms with Crippen molar-refractivity contribution in [2.75, 3.05) is 0 Å². The molecular formula is C31H38N2O3. The molecule has 4 atom stereocenters. The van der Waals surface area contributed by atoms with Crippen LogP contribution >= 0.6 is 0 Å². The van der Waals surface area contributed by atoms with Crippen LogP contribution in [0.5, 0.6) is 0 Å². The number of aliphatic carboxylic acids is 1. The minimum atomic E-state index is -0.994. The highest BCUT2D eigenvalue weighted by Crippen LogP contribution is 2.57. The van der Waals surface area contributed by atoms with Crippen molar-refractivity contribution < 1.29 is 14.7 Å². The average molecular weight is 487 g/mol. The summed E-state index contributed by atoms with van der Waals surface area (Å²) in [5, 5.41) is 14.0. The number of aromatic nitrogens is 1. The Morgan fingerprint density at radius 3 is 2.67 bits per heavy atom. The molecule has 0 aliphatic heterocycles. The molecule has 1 heterocycles. The van der Waals surface area contributed by atoms with Gasteiger partial charge in [-0.1, -0.05) is 70.5 Å². The van der Waals surface area contributed by atoms with Crippen LogP contribution in [0.3, 0.4) is 0 Å². The molecule has 2 aliphatic rings. The van der Waals surface area contributed by atoms with Gasteiger partial charge in [-0.25, -0.2) is 4.79 Å². The van der Waals surface area contributed by atoms with E-state index >= 15 is 0 Å². The van der Waals surface area contributed by atoms with E-state index in [4.69, 9.17) is 0 Å². The van der Waals surface area contributed by atoms with Crippen molar-refractivity contribution in [3.8, 4) is 0 Å². The SMILES string of the molecule is CC(C)c1ccc2c(c1)CC[C@H]1[C@](C)(C(=O)N[C@@H](Cc3c[nH]c4ccccc34)C(=O)O)CCC[C@]21C. The zero-order valence-electron chi connectivity index (χ0n) is 21.9. The maximum Gasteiger partial charge on any atom is 0.326 e. The highest BCUT2D eigenvalue weighted by molar-refractivity contribution is 5.89. The number of carboxylic acid groups (broad SMARTS) is 1. The number of amides is 1. The number of aromatic amines is 1. The van der Waals surface area contributed by atoms with Crippen molar-refractivity contribution in [3.63, 3.8) is 0 Å². The third kappa shape index (κ3) is 4.03. The Kier molecular flexibility index (Phi) is 6.22. The smallest absolute Gasteiger partial charge is 0.326 e. The van der Waals surface area contributed by atoms with Crippen molar-refractivity contribution in [1.29, 1.82) is 0 Å². The Morgan fingerprint density at radius 1 is 1.14 bits per heavy atom. The lowest BCUT2D eigenvalue weighted by Gasteiger charge is -2.54. The number of H-pyrrole nitrogens is 1. The van der Waals surface area contributed by atoms with Crippen molar-refractivity contribution in [1.82, 2.24) is 10.3 Å². The van der Waals surface area contributed by atoms with Crippen LogP contribution in [0, 0.1) is 11.3 Å². The predicted octanol–water partition coefficient (Wildman–Crippen LogP) is 6.11. The van der Waals surface area contributed by atoms with Gasteiger partial charge in [-0.15, -0.1) is 0 Å². The molecule has 36 heavy (non-hydrogen) atoms. The van der Waals surface area contributed by atoms with Gasteiger partial charge in [-0.2, -0.15) is 0 Å². The van der Waals surface area contributed by atoms with E-state index in [1.807, 2.05) is 30.5 Å². The number of carbonyl (C=O) groups excluding carboxylic acids is 1. The van der Waals surface area contributed by atoms with E-state index in [1.165, 1.54) is 16.7 Å². The number of hydrogen-bond acceptors (Lipinski definition) is 2. The highest BCUT2D eigenvalue weighted by Gasteiger charge is 2.55. The summed E-state index contributed by atoms with van der Waals surface area (Å²) in [6.07, 6.45) is 6.85. The van der Waals surface area contributed by atoms with Crippen LogP contribution in [0.2, 0.25) is 0 Å². The zero-order chi connectivity index (χ0) is 25.7. The Bertz CT molecular complexity index is 1310. The molecule has 0 saturated heterocycles. The summed E-state index contributed by atoms with van der Waals surface area (Å²) in [6.45, 7) is 8.86. The van der Waals surface area contributed by atoms with Gasteiger partial charge in [-0.05, 0) is 71.3 Å². The van der Waals surface area contributed by atoms with Crippen LogP contribution in [0.15, 0.2) is 48.7 Å². The molecular weight excluding hydrogens is 448 g/mol. The third-order valence-corrected chi connectivity index (χ3v) is 9.27. The first kappa shape index (κ1) is 24.6.